The van der Waals surface area contributed by atoms with Crippen LogP contribution in [0, 0.1) is 0 Å². The summed E-state index contributed by atoms with van der Waals surface area (Å²) in [6.45, 7) is 5.19. The molecule has 0 atom stereocenters. The van der Waals surface area contributed by atoms with Crippen LogP contribution in [0.25, 0.3) is 33.7 Å². The minimum absolute atomic E-state index is 0.556. The van der Waals surface area contributed by atoms with E-state index < -0.39 is 0 Å². The molecule has 0 spiro atoms. The molecule has 1 aliphatic heterocycles. The number of nitrogens with one attached hydrogen (secondary N) is 3. The summed E-state index contributed by atoms with van der Waals surface area (Å²) in [6.07, 6.45) is 5.28. The molecular weight excluding hydrogens is 478 g/mol. The van der Waals surface area contributed by atoms with Crippen LogP contribution in [0.3, 0.4) is 0 Å². The standard InChI is InChI=1S/C28H31N9O/c1-4-37-12-11-21-23(15-37)31-27(30-21)18-8-7-17(13-24(18)38-3)26-33-28(36(2)35-26)32-22-10-9-20-19(14-29-34-20)25(22)16-5-6-16/h7-10,13-14,16H,4-6,11-12,15H2,1-3H3,(H,29,34)(H,30,31)(H,32,33,35). The van der Waals surface area contributed by atoms with E-state index in [-0.39, 0.29) is 0 Å². The number of hydrogen-bond donors (Lipinski definition) is 3. The Morgan fingerprint density at radius 3 is 2.87 bits per heavy atom. The van der Waals surface area contributed by atoms with Gasteiger partial charge in [0.15, 0.2) is 5.82 Å². The van der Waals surface area contributed by atoms with Crippen LogP contribution in [0.1, 0.15) is 42.6 Å². The smallest absolute Gasteiger partial charge is 0.225 e. The van der Waals surface area contributed by atoms with Gasteiger partial charge in [-0.1, -0.05) is 13.0 Å². The second-order valence-corrected chi connectivity index (χ2v) is 10.2. The molecule has 0 radical (unpaired) electrons. The van der Waals surface area contributed by atoms with E-state index in [9.17, 15) is 0 Å². The van der Waals surface area contributed by atoms with Crippen LogP contribution in [0.2, 0.25) is 0 Å². The molecular formula is C28H31N9O. The normalized spacial score (nSPS) is 15.7. The number of methoxy groups -OCH3 is 1. The van der Waals surface area contributed by atoms with Crippen LogP contribution in [0.5, 0.6) is 5.75 Å². The molecule has 5 aromatic rings. The van der Waals surface area contributed by atoms with Gasteiger partial charge in [0.1, 0.15) is 11.6 Å². The molecule has 194 valence electrons. The Kier molecular flexibility index (Phi) is 5.43. The SMILES string of the molecule is CCN1CCc2nc(-c3ccc(-c4nc(Nc5ccc6[nH]ncc6c5C5CC5)n(C)n4)cc3OC)[nH]c2C1. The number of nitrogens with zero attached hydrogens (tertiary/aromatic N) is 6. The molecule has 0 unspecified atom stereocenters. The first kappa shape index (κ1) is 23.0. The predicted octanol–water partition coefficient (Wildman–Crippen LogP) is 4.76. The summed E-state index contributed by atoms with van der Waals surface area (Å²) in [4.78, 5) is 15.7. The average molecular weight is 510 g/mol. The maximum atomic E-state index is 5.79. The van der Waals surface area contributed by atoms with E-state index in [1.807, 2.05) is 31.4 Å². The van der Waals surface area contributed by atoms with Gasteiger partial charge in [0.05, 0.1) is 35.8 Å². The summed E-state index contributed by atoms with van der Waals surface area (Å²) in [5.74, 6) is 3.46. The van der Waals surface area contributed by atoms with Crippen molar-refractivity contribution in [3.8, 4) is 28.5 Å². The number of H-pyrrole nitrogens is 2. The van der Waals surface area contributed by atoms with Crippen molar-refractivity contribution in [1.29, 1.82) is 0 Å². The fourth-order valence-corrected chi connectivity index (χ4v) is 5.47. The van der Waals surface area contributed by atoms with Crippen LogP contribution < -0.4 is 10.1 Å². The maximum Gasteiger partial charge on any atom is 0.225 e. The lowest BCUT2D eigenvalue weighted by Gasteiger charge is -2.23. The number of aromatic amines is 2. The van der Waals surface area contributed by atoms with Crippen molar-refractivity contribution in [1.82, 2.24) is 39.8 Å². The number of aromatic nitrogens is 7. The van der Waals surface area contributed by atoms with Gasteiger partial charge in [0.2, 0.25) is 5.95 Å². The van der Waals surface area contributed by atoms with Gasteiger partial charge in [-0.15, -0.1) is 5.10 Å². The third kappa shape index (κ3) is 3.92. The van der Waals surface area contributed by atoms with E-state index in [0.717, 1.165) is 65.7 Å². The molecule has 1 fully saturated rings. The number of ether oxygens (including phenoxy) is 1. The minimum atomic E-state index is 0.556. The van der Waals surface area contributed by atoms with Crippen molar-refractivity contribution in [2.45, 2.75) is 38.6 Å². The summed E-state index contributed by atoms with van der Waals surface area (Å²) < 4.78 is 7.58. The minimum Gasteiger partial charge on any atom is -0.496 e. The Bertz CT molecular complexity index is 1640. The Hall–Kier alpha value is -4.18. The molecule has 4 heterocycles. The highest BCUT2D eigenvalue weighted by Gasteiger charge is 2.29. The monoisotopic (exact) mass is 509 g/mol. The number of aryl methyl sites for hydroxylation is 1. The molecule has 2 aliphatic rings. The fourth-order valence-electron chi connectivity index (χ4n) is 5.47. The van der Waals surface area contributed by atoms with Gasteiger partial charge < -0.3 is 15.0 Å². The van der Waals surface area contributed by atoms with Crippen molar-refractivity contribution in [3.63, 3.8) is 0 Å². The van der Waals surface area contributed by atoms with Gasteiger partial charge in [-0.2, -0.15) is 10.1 Å². The lowest BCUT2D eigenvalue weighted by molar-refractivity contribution is 0.264. The van der Waals surface area contributed by atoms with Gasteiger partial charge in [-0.25, -0.2) is 9.67 Å². The zero-order chi connectivity index (χ0) is 25.8. The Morgan fingerprint density at radius 1 is 1.16 bits per heavy atom. The fraction of sp³-hybridized carbons (Fsp3) is 0.357. The van der Waals surface area contributed by atoms with Gasteiger partial charge >= 0.3 is 0 Å². The molecule has 0 saturated heterocycles. The first-order valence-electron chi connectivity index (χ1n) is 13.2. The molecule has 0 bridgehead atoms. The lowest BCUT2D eigenvalue weighted by atomic mass is 10.0. The van der Waals surface area contributed by atoms with Gasteiger partial charge in [-0.05, 0) is 55.1 Å². The van der Waals surface area contributed by atoms with Gasteiger partial charge in [0.25, 0.3) is 0 Å². The number of fused-ring (bicyclic) bond motifs is 2. The number of hydrogen-bond acceptors (Lipinski definition) is 7. The molecule has 3 N–H and O–H groups in total. The molecule has 10 heteroatoms. The van der Waals surface area contributed by atoms with E-state index in [2.05, 4.69) is 44.5 Å². The molecule has 1 saturated carbocycles. The van der Waals surface area contributed by atoms with E-state index in [0.29, 0.717) is 17.7 Å². The third-order valence-electron chi connectivity index (χ3n) is 7.73. The summed E-state index contributed by atoms with van der Waals surface area (Å²) in [5.41, 5.74) is 7.58. The number of anilines is 2. The van der Waals surface area contributed by atoms with E-state index in [4.69, 9.17) is 19.8 Å². The van der Waals surface area contributed by atoms with Crippen LogP contribution >= 0.6 is 0 Å². The highest BCUT2D eigenvalue weighted by molar-refractivity contribution is 5.89. The highest BCUT2D eigenvalue weighted by atomic mass is 16.5. The zero-order valence-corrected chi connectivity index (χ0v) is 21.9. The summed E-state index contributed by atoms with van der Waals surface area (Å²) in [7, 11) is 3.60. The van der Waals surface area contributed by atoms with E-state index >= 15 is 0 Å². The molecule has 3 aromatic heterocycles. The van der Waals surface area contributed by atoms with Crippen molar-refractivity contribution < 1.29 is 4.74 Å². The van der Waals surface area contributed by atoms with Gasteiger partial charge in [-0.3, -0.25) is 10.00 Å². The summed E-state index contributed by atoms with van der Waals surface area (Å²) >= 11 is 0. The van der Waals surface area contributed by atoms with Crippen LogP contribution in [0.15, 0.2) is 36.5 Å². The number of imidazole rings is 1. The van der Waals surface area contributed by atoms with Crippen LogP contribution in [-0.2, 0) is 20.0 Å². The number of benzene rings is 2. The average Bonchev–Trinajstić information content (AvgIpc) is 3.33. The lowest BCUT2D eigenvalue weighted by Crippen LogP contribution is -2.30. The second-order valence-electron chi connectivity index (χ2n) is 10.2. The zero-order valence-electron chi connectivity index (χ0n) is 21.9. The molecule has 1 aliphatic carbocycles. The maximum absolute atomic E-state index is 5.79. The quantitative estimate of drug-likeness (QED) is 0.290. The van der Waals surface area contributed by atoms with E-state index in [1.165, 1.54) is 29.5 Å². The molecule has 0 amide bonds. The Balaban J connectivity index is 1.19. The Labute approximate surface area is 220 Å². The molecule has 38 heavy (non-hydrogen) atoms. The first-order valence-corrected chi connectivity index (χ1v) is 13.2. The van der Waals surface area contributed by atoms with Crippen molar-refractivity contribution >= 4 is 22.5 Å². The topological polar surface area (TPSA) is 113 Å². The highest BCUT2D eigenvalue weighted by Crippen LogP contribution is 2.47. The number of rotatable bonds is 7. The molecule has 2 aromatic carbocycles. The first-order chi connectivity index (χ1) is 18.6. The van der Waals surface area contributed by atoms with Crippen molar-refractivity contribution in [3.05, 3.63) is 53.5 Å². The Morgan fingerprint density at radius 2 is 2.05 bits per heavy atom. The largest absolute Gasteiger partial charge is 0.496 e. The molecule has 10 nitrogen and oxygen atoms in total. The number of likely N-dealkylation sites (N-methyl/N-ethyl adjacent to an activating group) is 1. The molecule has 7 rings (SSSR count). The predicted molar refractivity (Wildman–Crippen MR) is 147 cm³/mol. The second kappa shape index (κ2) is 8.98. The van der Waals surface area contributed by atoms with Crippen molar-refractivity contribution in [2.24, 2.45) is 7.05 Å². The van der Waals surface area contributed by atoms with Crippen molar-refractivity contribution in [2.75, 3.05) is 25.5 Å². The van der Waals surface area contributed by atoms with E-state index in [1.54, 1.807) is 11.8 Å². The third-order valence-corrected chi connectivity index (χ3v) is 7.73. The summed E-state index contributed by atoms with van der Waals surface area (Å²) in [6, 6.07) is 10.2. The van der Waals surface area contributed by atoms with Gasteiger partial charge in [0, 0.05) is 43.2 Å². The summed E-state index contributed by atoms with van der Waals surface area (Å²) in [5, 5.41) is 16.7. The van der Waals surface area contributed by atoms with Crippen LogP contribution in [-0.4, -0.2) is 60.0 Å². The van der Waals surface area contributed by atoms with Crippen LogP contribution in [0.4, 0.5) is 11.6 Å².